The molecule has 2 heterocycles. The Bertz CT molecular complexity index is 485. The standard InChI is InChI=1S/C11H16N4/c1-7(2)6-10-13-8-4-5-9(12)14-11(8)15(10)3/h4-5,7H,6H2,1-3H3,(H2,12,14). The van der Waals surface area contributed by atoms with Crippen LogP contribution in [0.3, 0.4) is 0 Å². The molecule has 0 saturated heterocycles. The molecule has 0 fully saturated rings. The van der Waals surface area contributed by atoms with E-state index in [1.807, 2.05) is 17.7 Å². The number of rotatable bonds is 2. The Balaban J connectivity index is 2.54. The van der Waals surface area contributed by atoms with Crippen LogP contribution in [0.25, 0.3) is 11.2 Å². The minimum atomic E-state index is 0.543. The lowest BCUT2D eigenvalue weighted by atomic mass is 10.1. The summed E-state index contributed by atoms with van der Waals surface area (Å²) in [6.07, 6.45) is 0.965. The Labute approximate surface area is 89.1 Å². The van der Waals surface area contributed by atoms with Crippen molar-refractivity contribution in [1.29, 1.82) is 0 Å². The van der Waals surface area contributed by atoms with Gasteiger partial charge in [-0.15, -0.1) is 0 Å². The van der Waals surface area contributed by atoms with Crippen molar-refractivity contribution >= 4 is 17.0 Å². The van der Waals surface area contributed by atoms with Gasteiger partial charge in [0.05, 0.1) is 0 Å². The van der Waals surface area contributed by atoms with Crippen molar-refractivity contribution in [3.05, 3.63) is 18.0 Å². The van der Waals surface area contributed by atoms with Crippen LogP contribution in [0, 0.1) is 5.92 Å². The van der Waals surface area contributed by atoms with Crippen molar-refractivity contribution in [3.63, 3.8) is 0 Å². The summed E-state index contributed by atoms with van der Waals surface area (Å²) in [5, 5.41) is 0. The molecule has 0 aliphatic carbocycles. The summed E-state index contributed by atoms with van der Waals surface area (Å²) in [5.41, 5.74) is 7.44. The Hall–Kier alpha value is -1.58. The van der Waals surface area contributed by atoms with E-state index in [0.29, 0.717) is 11.7 Å². The Kier molecular flexibility index (Phi) is 2.34. The molecule has 0 aliphatic heterocycles. The molecule has 80 valence electrons. The minimum Gasteiger partial charge on any atom is -0.384 e. The van der Waals surface area contributed by atoms with E-state index in [0.717, 1.165) is 23.4 Å². The summed E-state index contributed by atoms with van der Waals surface area (Å²) in [4.78, 5) is 8.82. The molecule has 0 aliphatic rings. The van der Waals surface area contributed by atoms with Crippen molar-refractivity contribution in [2.24, 2.45) is 13.0 Å². The van der Waals surface area contributed by atoms with Crippen molar-refractivity contribution in [2.45, 2.75) is 20.3 Å². The number of nitrogen functional groups attached to an aromatic ring is 1. The second kappa shape index (κ2) is 3.53. The number of nitrogens with two attached hydrogens (primary N) is 1. The average molecular weight is 204 g/mol. The van der Waals surface area contributed by atoms with E-state index >= 15 is 0 Å². The fourth-order valence-corrected chi connectivity index (χ4v) is 1.67. The molecule has 0 aromatic carbocycles. The molecule has 0 atom stereocenters. The molecule has 0 saturated carbocycles. The number of fused-ring (bicyclic) bond motifs is 1. The number of pyridine rings is 1. The highest BCUT2D eigenvalue weighted by molar-refractivity contribution is 5.73. The number of hydrogen-bond acceptors (Lipinski definition) is 3. The number of hydrogen-bond donors (Lipinski definition) is 1. The van der Waals surface area contributed by atoms with E-state index in [9.17, 15) is 0 Å². The van der Waals surface area contributed by atoms with E-state index in [1.54, 1.807) is 6.07 Å². The van der Waals surface area contributed by atoms with Gasteiger partial charge >= 0.3 is 0 Å². The molecule has 0 unspecified atom stereocenters. The third-order valence-electron chi connectivity index (χ3n) is 2.42. The third-order valence-corrected chi connectivity index (χ3v) is 2.42. The zero-order valence-corrected chi connectivity index (χ0v) is 9.36. The SMILES string of the molecule is CC(C)Cc1nc2ccc(N)nc2n1C. The number of aryl methyl sites for hydroxylation is 1. The van der Waals surface area contributed by atoms with Gasteiger partial charge in [0.25, 0.3) is 0 Å². The first kappa shape index (κ1) is 9.96. The normalized spacial score (nSPS) is 11.5. The quantitative estimate of drug-likeness (QED) is 0.810. The summed E-state index contributed by atoms with van der Waals surface area (Å²) in [6.45, 7) is 4.36. The first-order valence-corrected chi connectivity index (χ1v) is 5.15. The maximum absolute atomic E-state index is 5.65. The van der Waals surface area contributed by atoms with Gasteiger partial charge in [-0.3, -0.25) is 0 Å². The zero-order valence-electron chi connectivity index (χ0n) is 9.36. The summed E-state index contributed by atoms with van der Waals surface area (Å²) in [6, 6.07) is 3.70. The molecule has 0 bridgehead atoms. The second-order valence-corrected chi connectivity index (χ2v) is 4.26. The van der Waals surface area contributed by atoms with Crippen LogP contribution >= 0.6 is 0 Å². The van der Waals surface area contributed by atoms with Gasteiger partial charge in [-0.2, -0.15) is 0 Å². The van der Waals surface area contributed by atoms with E-state index in [-0.39, 0.29) is 0 Å². The van der Waals surface area contributed by atoms with Crippen LogP contribution in [0.4, 0.5) is 5.82 Å². The molecule has 2 aromatic rings. The van der Waals surface area contributed by atoms with Gasteiger partial charge < -0.3 is 10.3 Å². The van der Waals surface area contributed by atoms with E-state index in [4.69, 9.17) is 5.73 Å². The molecular formula is C11H16N4. The van der Waals surface area contributed by atoms with Crippen molar-refractivity contribution < 1.29 is 0 Å². The number of aromatic nitrogens is 3. The molecule has 0 amide bonds. The molecule has 4 nitrogen and oxygen atoms in total. The van der Waals surface area contributed by atoms with Crippen LogP contribution < -0.4 is 5.73 Å². The predicted octanol–water partition coefficient (Wildman–Crippen LogP) is 1.75. The molecular weight excluding hydrogens is 188 g/mol. The molecule has 2 aromatic heterocycles. The monoisotopic (exact) mass is 204 g/mol. The van der Waals surface area contributed by atoms with Crippen LogP contribution in [0.2, 0.25) is 0 Å². The van der Waals surface area contributed by atoms with E-state index in [1.165, 1.54) is 0 Å². The molecule has 0 spiro atoms. The lowest BCUT2D eigenvalue weighted by Crippen LogP contribution is -2.03. The predicted molar refractivity (Wildman–Crippen MR) is 61.5 cm³/mol. The summed E-state index contributed by atoms with van der Waals surface area (Å²) in [7, 11) is 1.99. The Morgan fingerprint density at radius 1 is 1.33 bits per heavy atom. The van der Waals surface area contributed by atoms with Crippen LogP contribution in [0.5, 0.6) is 0 Å². The van der Waals surface area contributed by atoms with E-state index < -0.39 is 0 Å². The van der Waals surface area contributed by atoms with Crippen molar-refractivity contribution in [1.82, 2.24) is 14.5 Å². The van der Waals surface area contributed by atoms with Crippen LogP contribution in [-0.2, 0) is 13.5 Å². The number of anilines is 1. The Morgan fingerprint density at radius 3 is 2.73 bits per heavy atom. The minimum absolute atomic E-state index is 0.543. The average Bonchev–Trinajstić information content (AvgIpc) is 2.44. The topological polar surface area (TPSA) is 56.7 Å². The van der Waals surface area contributed by atoms with Crippen molar-refractivity contribution in [3.8, 4) is 0 Å². The lowest BCUT2D eigenvalue weighted by Gasteiger charge is -2.04. The highest BCUT2D eigenvalue weighted by Crippen LogP contribution is 2.16. The van der Waals surface area contributed by atoms with Gasteiger partial charge in [0.2, 0.25) is 0 Å². The first-order chi connectivity index (χ1) is 7.08. The molecule has 2 rings (SSSR count). The smallest absolute Gasteiger partial charge is 0.162 e. The van der Waals surface area contributed by atoms with Gasteiger partial charge in [-0.1, -0.05) is 13.8 Å². The van der Waals surface area contributed by atoms with Crippen molar-refractivity contribution in [2.75, 3.05) is 5.73 Å². The highest BCUT2D eigenvalue weighted by atomic mass is 15.1. The molecule has 0 radical (unpaired) electrons. The van der Waals surface area contributed by atoms with Crippen LogP contribution in [0.15, 0.2) is 12.1 Å². The molecule has 15 heavy (non-hydrogen) atoms. The third kappa shape index (κ3) is 1.79. The largest absolute Gasteiger partial charge is 0.384 e. The number of nitrogens with zero attached hydrogens (tertiary/aromatic N) is 3. The van der Waals surface area contributed by atoms with Gasteiger partial charge in [0.1, 0.15) is 17.2 Å². The van der Waals surface area contributed by atoms with Gasteiger partial charge in [0.15, 0.2) is 5.65 Å². The van der Waals surface area contributed by atoms with E-state index in [2.05, 4.69) is 23.8 Å². The fourth-order valence-electron chi connectivity index (χ4n) is 1.67. The number of imidazole rings is 1. The molecule has 4 heteroatoms. The van der Waals surface area contributed by atoms with Gasteiger partial charge in [0, 0.05) is 13.5 Å². The fraction of sp³-hybridized carbons (Fsp3) is 0.455. The lowest BCUT2D eigenvalue weighted by molar-refractivity contribution is 0.605. The first-order valence-electron chi connectivity index (χ1n) is 5.15. The summed E-state index contributed by atoms with van der Waals surface area (Å²) < 4.78 is 2.02. The summed E-state index contributed by atoms with van der Waals surface area (Å²) >= 11 is 0. The van der Waals surface area contributed by atoms with Crippen LogP contribution in [-0.4, -0.2) is 14.5 Å². The maximum atomic E-state index is 5.65. The highest BCUT2D eigenvalue weighted by Gasteiger charge is 2.10. The maximum Gasteiger partial charge on any atom is 0.162 e. The Morgan fingerprint density at radius 2 is 2.07 bits per heavy atom. The zero-order chi connectivity index (χ0) is 11.0. The second-order valence-electron chi connectivity index (χ2n) is 4.26. The summed E-state index contributed by atoms with van der Waals surface area (Å²) in [5.74, 6) is 2.21. The van der Waals surface area contributed by atoms with Gasteiger partial charge in [-0.05, 0) is 18.1 Å². The molecule has 2 N–H and O–H groups in total. The van der Waals surface area contributed by atoms with Gasteiger partial charge in [-0.25, -0.2) is 9.97 Å². The van der Waals surface area contributed by atoms with Crippen LogP contribution in [0.1, 0.15) is 19.7 Å².